The number of nitrogens with zero attached hydrogens (tertiary/aromatic N) is 1. The number of methoxy groups -OCH3 is 2. The Kier molecular flexibility index (Phi) is 4.62. The summed E-state index contributed by atoms with van der Waals surface area (Å²) in [5.41, 5.74) is 1.65. The van der Waals surface area contributed by atoms with Crippen LogP contribution in [0, 0.1) is 17.0 Å². The lowest BCUT2D eigenvalue weighted by Crippen LogP contribution is -2.11. The first kappa shape index (κ1) is 17.5. The molecule has 0 aliphatic heterocycles. The van der Waals surface area contributed by atoms with Crippen molar-refractivity contribution in [3.8, 4) is 11.5 Å². The van der Waals surface area contributed by atoms with Crippen LogP contribution >= 0.6 is 0 Å². The maximum absolute atomic E-state index is 12.5. The number of benzene rings is 2. The van der Waals surface area contributed by atoms with Crippen molar-refractivity contribution in [2.75, 3.05) is 14.2 Å². The number of non-ortho nitro benzene ring substituents is 1. The Balaban J connectivity index is 2.16. The zero-order valence-corrected chi connectivity index (χ0v) is 14.6. The van der Waals surface area contributed by atoms with Gasteiger partial charge in [0.2, 0.25) is 0 Å². The first-order valence-corrected chi connectivity index (χ1v) is 7.86. The highest BCUT2D eigenvalue weighted by atomic mass is 16.6. The second kappa shape index (κ2) is 6.87. The SMILES string of the molecule is COc1cc(OC)c2c(C)c(Cc3cccc([N+](=O)[O-])c3)c(=O)oc2c1. The van der Waals surface area contributed by atoms with Crippen LogP contribution in [0.2, 0.25) is 0 Å². The molecule has 0 fully saturated rings. The third-order valence-electron chi connectivity index (χ3n) is 4.27. The summed E-state index contributed by atoms with van der Waals surface area (Å²) in [5.74, 6) is 1.05. The number of hydrogen-bond donors (Lipinski definition) is 0. The van der Waals surface area contributed by atoms with Gasteiger partial charge in [0.25, 0.3) is 5.69 Å². The lowest BCUT2D eigenvalue weighted by molar-refractivity contribution is -0.384. The molecular weight excluding hydrogens is 338 g/mol. The molecule has 7 heteroatoms. The van der Waals surface area contributed by atoms with Gasteiger partial charge in [-0.1, -0.05) is 12.1 Å². The first-order chi connectivity index (χ1) is 12.4. The topological polar surface area (TPSA) is 91.8 Å². The van der Waals surface area contributed by atoms with Gasteiger partial charge in [0, 0.05) is 36.2 Å². The molecule has 0 spiro atoms. The number of ether oxygens (including phenoxy) is 2. The average molecular weight is 355 g/mol. The fraction of sp³-hybridized carbons (Fsp3) is 0.211. The molecule has 3 aromatic rings. The van der Waals surface area contributed by atoms with Crippen LogP contribution in [0.25, 0.3) is 11.0 Å². The van der Waals surface area contributed by atoms with E-state index in [1.54, 1.807) is 31.2 Å². The molecular formula is C19H17NO6. The number of fused-ring (bicyclic) bond motifs is 1. The molecule has 0 amide bonds. The molecule has 0 atom stereocenters. The Hall–Kier alpha value is -3.35. The van der Waals surface area contributed by atoms with Gasteiger partial charge in [-0.3, -0.25) is 10.1 Å². The summed E-state index contributed by atoms with van der Waals surface area (Å²) in [7, 11) is 3.04. The highest BCUT2D eigenvalue weighted by Crippen LogP contribution is 2.34. The van der Waals surface area contributed by atoms with Gasteiger partial charge in [0.1, 0.15) is 17.1 Å². The number of hydrogen-bond acceptors (Lipinski definition) is 6. The van der Waals surface area contributed by atoms with E-state index in [4.69, 9.17) is 13.9 Å². The Morgan fingerprint density at radius 3 is 2.58 bits per heavy atom. The van der Waals surface area contributed by atoms with E-state index in [1.165, 1.54) is 26.4 Å². The van der Waals surface area contributed by atoms with Crippen molar-refractivity contribution in [2.24, 2.45) is 0 Å². The van der Waals surface area contributed by atoms with Crippen LogP contribution < -0.4 is 15.1 Å². The van der Waals surface area contributed by atoms with Crippen molar-refractivity contribution in [1.82, 2.24) is 0 Å². The molecule has 0 N–H and O–H groups in total. The molecule has 1 aromatic heterocycles. The van der Waals surface area contributed by atoms with Crippen LogP contribution in [-0.4, -0.2) is 19.1 Å². The zero-order chi connectivity index (χ0) is 18.8. The molecule has 26 heavy (non-hydrogen) atoms. The minimum atomic E-state index is -0.489. The van der Waals surface area contributed by atoms with E-state index in [9.17, 15) is 14.9 Å². The van der Waals surface area contributed by atoms with E-state index in [1.807, 2.05) is 0 Å². The smallest absolute Gasteiger partial charge is 0.340 e. The molecule has 0 radical (unpaired) electrons. The molecule has 0 saturated carbocycles. The summed E-state index contributed by atoms with van der Waals surface area (Å²) in [6.45, 7) is 1.81. The molecule has 0 aliphatic carbocycles. The second-order valence-electron chi connectivity index (χ2n) is 5.80. The maximum Gasteiger partial charge on any atom is 0.340 e. The van der Waals surface area contributed by atoms with Gasteiger partial charge in [-0.15, -0.1) is 0 Å². The molecule has 2 aromatic carbocycles. The van der Waals surface area contributed by atoms with E-state index < -0.39 is 10.5 Å². The third-order valence-corrected chi connectivity index (χ3v) is 4.27. The quantitative estimate of drug-likeness (QED) is 0.394. The number of aryl methyl sites for hydroxylation is 1. The average Bonchev–Trinajstić information content (AvgIpc) is 2.64. The normalized spacial score (nSPS) is 10.7. The fourth-order valence-corrected chi connectivity index (χ4v) is 2.95. The molecule has 3 rings (SSSR count). The van der Waals surface area contributed by atoms with Crippen LogP contribution in [0.3, 0.4) is 0 Å². The van der Waals surface area contributed by atoms with Gasteiger partial charge in [0.05, 0.1) is 24.5 Å². The van der Waals surface area contributed by atoms with Crippen molar-refractivity contribution in [2.45, 2.75) is 13.3 Å². The van der Waals surface area contributed by atoms with Crippen molar-refractivity contribution in [3.05, 3.63) is 73.6 Å². The van der Waals surface area contributed by atoms with Crippen LogP contribution in [-0.2, 0) is 6.42 Å². The van der Waals surface area contributed by atoms with E-state index in [0.29, 0.717) is 39.2 Å². The third kappa shape index (κ3) is 3.11. The largest absolute Gasteiger partial charge is 0.496 e. The molecule has 0 saturated heterocycles. The molecule has 134 valence electrons. The monoisotopic (exact) mass is 355 g/mol. The van der Waals surface area contributed by atoms with Gasteiger partial charge in [0.15, 0.2) is 0 Å². The predicted octanol–water partition coefficient (Wildman–Crippen LogP) is 3.62. The minimum Gasteiger partial charge on any atom is -0.496 e. The predicted molar refractivity (Wildman–Crippen MR) is 96.2 cm³/mol. The molecule has 0 unspecified atom stereocenters. The summed E-state index contributed by atoms with van der Waals surface area (Å²) < 4.78 is 16.1. The standard InChI is InChI=1S/C19H17NO6/c1-11-15(8-12-5-4-6-13(7-12)20(22)23)19(21)26-17-10-14(24-2)9-16(25-3)18(11)17/h4-7,9-10H,8H2,1-3H3. The maximum atomic E-state index is 12.5. The van der Waals surface area contributed by atoms with Gasteiger partial charge < -0.3 is 13.9 Å². The van der Waals surface area contributed by atoms with Crippen molar-refractivity contribution < 1.29 is 18.8 Å². The van der Waals surface area contributed by atoms with Gasteiger partial charge >= 0.3 is 5.63 Å². The molecule has 1 heterocycles. The molecule has 0 aliphatic rings. The number of rotatable bonds is 5. The van der Waals surface area contributed by atoms with Crippen LogP contribution in [0.5, 0.6) is 11.5 Å². The van der Waals surface area contributed by atoms with Gasteiger partial charge in [-0.2, -0.15) is 0 Å². The Labute approximate surface area is 148 Å². The zero-order valence-electron chi connectivity index (χ0n) is 14.6. The Morgan fingerprint density at radius 2 is 1.92 bits per heavy atom. The summed E-state index contributed by atoms with van der Waals surface area (Å²) in [6.07, 6.45) is 0.223. The first-order valence-electron chi connectivity index (χ1n) is 7.86. The highest BCUT2D eigenvalue weighted by molar-refractivity contribution is 5.89. The second-order valence-corrected chi connectivity index (χ2v) is 5.80. The highest BCUT2D eigenvalue weighted by Gasteiger charge is 2.17. The van der Waals surface area contributed by atoms with Gasteiger partial charge in [-0.05, 0) is 18.1 Å². The summed E-state index contributed by atoms with van der Waals surface area (Å²) in [4.78, 5) is 23.0. The van der Waals surface area contributed by atoms with Crippen molar-refractivity contribution in [1.29, 1.82) is 0 Å². The van der Waals surface area contributed by atoms with E-state index in [2.05, 4.69) is 0 Å². The number of nitro benzene ring substituents is 1. The van der Waals surface area contributed by atoms with Crippen molar-refractivity contribution >= 4 is 16.7 Å². The number of nitro groups is 1. The summed E-state index contributed by atoms with van der Waals surface area (Å²) in [6, 6.07) is 9.54. The Bertz CT molecular complexity index is 1050. The van der Waals surface area contributed by atoms with Crippen molar-refractivity contribution in [3.63, 3.8) is 0 Å². The van der Waals surface area contributed by atoms with Crippen LogP contribution in [0.1, 0.15) is 16.7 Å². The molecule has 7 nitrogen and oxygen atoms in total. The van der Waals surface area contributed by atoms with Gasteiger partial charge in [-0.25, -0.2) is 4.79 Å². The fourth-order valence-electron chi connectivity index (χ4n) is 2.95. The lowest BCUT2D eigenvalue weighted by atomic mass is 9.99. The van der Waals surface area contributed by atoms with E-state index >= 15 is 0 Å². The lowest BCUT2D eigenvalue weighted by Gasteiger charge is -2.12. The van der Waals surface area contributed by atoms with E-state index in [0.717, 1.165) is 0 Å². The Morgan fingerprint density at radius 1 is 1.15 bits per heavy atom. The van der Waals surface area contributed by atoms with E-state index in [-0.39, 0.29) is 12.1 Å². The minimum absolute atomic E-state index is 0.0207. The van der Waals surface area contributed by atoms with Crippen LogP contribution in [0.15, 0.2) is 45.6 Å². The molecule has 0 bridgehead atoms. The summed E-state index contributed by atoms with van der Waals surface area (Å²) >= 11 is 0. The summed E-state index contributed by atoms with van der Waals surface area (Å²) in [5, 5.41) is 11.6. The van der Waals surface area contributed by atoms with Crippen LogP contribution in [0.4, 0.5) is 5.69 Å².